The van der Waals surface area contributed by atoms with E-state index in [4.69, 9.17) is 21.1 Å². The molecule has 6 heteroatoms. The number of ether oxygens (including phenoxy) is 2. The van der Waals surface area contributed by atoms with E-state index in [2.05, 4.69) is 15.3 Å². The van der Waals surface area contributed by atoms with E-state index in [0.29, 0.717) is 11.7 Å². The maximum atomic E-state index is 6.02. The van der Waals surface area contributed by atoms with E-state index >= 15 is 0 Å². The molecule has 0 bridgehead atoms. The van der Waals surface area contributed by atoms with E-state index in [1.807, 2.05) is 32.0 Å². The molecule has 0 unspecified atom stereocenters. The Labute approximate surface area is 128 Å². The molecular formula is C15H16ClN3O2. The van der Waals surface area contributed by atoms with Crippen molar-refractivity contribution in [2.75, 3.05) is 12.1 Å². The van der Waals surface area contributed by atoms with Crippen LogP contribution in [0, 0.1) is 0 Å². The molecule has 0 aliphatic carbocycles. The van der Waals surface area contributed by atoms with Gasteiger partial charge in [0.15, 0.2) is 11.5 Å². The van der Waals surface area contributed by atoms with Gasteiger partial charge in [-0.2, -0.15) is 0 Å². The summed E-state index contributed by atoms with van der Waals surface area (Å²) in [5.74, 6) is 3.24. The molecule has 0 atom stereocenters. The Morgan fingerprint density at radius 1 is 1.19 bits per heavy atom. The topological polar surface area (TPSA) is 56.3 Å². The highest BCUT2D eigenvalue weighted by atomic mass is 35.5. The third kappa shape index (κ3) is 3.19. The van der Waals surface area contributed by atoms with Gasteiger partial charge in [-0.15, -0.1) is 0 Å². The van der Waals surface area contributed by atoms with Crippen LogP contribution in [0.5, 0.6) is 11.5 Å². The van der Waals surface area contributed by atoms with Gasteiger partial charge in [-0.1, -0.05) is 31.5 Å². The molecule has 0 spiro atoms. The van der Waals surface area contributed by atoms with Crippen molar-refractivity contribution in [2.24, 2.45) is 0 Å². The van der Waals surface area contributed by atoms with Crippen LogP contribution in [0.2, 0.25) is 5.15 Å². The average Bonchev–Trinajstić information content (AvgIpc) is 2.92. The maximum Gasteiger partial charge on any atom is 0.231 e. The second kappa shape index (κ2) is 5.77. The molecule has 1 aromatic carbocycles. The second-order valence-corrected chi connectivity index (χ2v) is 5.52. The summed E-state index contributed by atoms with van der Waals surface area (Å²) in [5, 5.41) is 3.70. The van der Waals surface area contributed by atoms with E-state index in [1.54, 1.807) is 6.07 Å². The van der Waals surface area contributed by atoms with Gasteiger partial charge in [0.1, 0.15) is 16.8 Å². The highest BCUT2D eigenvalue weighted by Crippen LogP contribution is 2.32. The fraction of sp³-hybridized carbons (Fsp3) is 0.333. The molecule has 110 valence electrons. The van der Waals surface area contributed by atoms with Crippen LogP contribution < -0.4 is 14.8 Å². The molecule has 0 radical (unpaired) electrons. The normalized spacial score (nSPS) is 12.8. The molecule has 0 amide bonds. The summed E-state index contributed by atoms with van der Waals surface area (Å²) in [6.07, 6.45) is 0. The van der Waals surface area contributed by atoms with Crippen LogP contribution in [0.25, 0.3) is 0 Å². The molecule has 2 aromatic rings. The monoisotopic (exact) mass is 305 g/mol. The lowest BCUT2D eigenvalue weighted by Crippen LogP contribution is -2.05. The van der Waals surface area contributed by atoms with Gasteiger partial charge in [-0.05, 0) is 17.7 Å². The molecule has 3 rings (SSSR count). The Morgan fingerprint density at radius 2 is 2.00 bits per heavy atom. The first-order valence-corrected chi connectivity index (χ1v) is 7.16. The van der Waals surface area contributed by atoms with Crippen molar-refractivity contribution in [3.8, 4) is 11.5 Å². The minimum atomic E-state index is 0.231. The number of anilines is 1. The first kappa shape index (κ1) is 13.9. The Balaban J connectivity index is 1.73. The van der Waals surface area contributed by atoms with Gasteiger partial charge in [0.25, 0.3) is 0 Å². The SMILES string of the molecule is CC(C)c1nc(Cl)cc(NCc2ccc3c(c2)OCO3)n1. The molecule has 0 fully saturated rings. The standard InChI is InChI=1S/C15H16ClN3O2/c1-9(2)15-18-13(16)6-14(19-15)17-7-10-3-4-11-12(5-10)21-8-20-11/h3-6,9H,7-8H2,1-2H3,(H,17,18,19). The van der Waals surface area contributed by atoms with E-state index in [1.165, 1.54) is 0 Å². The largest absolute Gasteiger partial charge is 0.454 e. The average molecular weight is 306 g/mol. The number of rotatable bonds is 4. The first-order chi connectivity index (χ1) is 10.1. The zero-order valence-electron chi connectivity index (χ0n) is 11.9. The molecule has 5 nitrogen and oxygen atoms in total. The molecule has 1 aliphatic heterocycles. The third-order valence-electron chi connectivity index (χ3n) is 3.14. The van der Waals surface area contributed by atoms with Crippen molar-refractivity contribution in [3.63, 3.8) is 0 Å². The van der Waals surface area contributed by atoms with Crippen LogP contribution in [0.3, 0.4) is 0 Å². The summed E-state index contributed by atoms with van der Waals surface area (Å²) in [7, 11) is 0. The van der Waals surface area contributed by atoms with Crippen LogP contribution in [0.4, 0.5) is 5.82 Å². The highest BCUT2D eigenvalue weighted by Gasteiger charge is 2.13. The van der Waals surface area contributed by atoms with Gasteiger partial charge >= 0.3 is 0 Å². The zero-order valence-corrected chi connectivity index (χ0v) is 12.6. The maximum absolute atomic E-state index is 6.02. The van der Waals surface area contributed by atoms with E-state index in [9.17, 15) is 0 Å². The highest BCUT2D eigenvalue weighted by molar-refractivity contribution is 6.29. The van der Waals surface area contributed by atoms with Crippen molar-refractivity contribution < 1.29 is 9.47 Å². The minimum Gasteiger partial charge on any atom is -0.454 e. The quantitative estimate of drug-likeness (QED) is 0.875. The first-order valence-electron chi connectivity index (χ1n) is 6.78. The number of hydrogen-bond acceptors (Lipinski definition) is 5. The van der Waals surface area contributed by atoms with Crippen LogP contribution in [0.15, 0.2) is 24.3 Å². The Morgan fingerprint density at radius 3 is 2.81 bits per heavy atom. The summed E-state index contributed by atoms with van der Waals surface area (Å²) in [4.78, 5) is 8.67. The van der Waals surface area contributed by atoms with Gasteiger partial charge in [0, 0.05) is 18.5 Å². The van der Waals surface area contributed by atoms with E-state index < -0.39 is 0 Å². The predicted octanol–water partition coefficient (Wildman–Crippen LogP) is 3.59. The Kier molecular flexibility index (Phi) is 3.84. The van der Waals surface area contributed by atoms with Gasteiger partial charge in [0.05, 0.1) is 0 Å². The number of nitrogens with zero attached hydrogens (tertiary/aromatic N) is 2. The van der Waals surface area contributed by atoms with Gasteiger partial charge in [-0.3, -0.25) is 0 Å². The third-order valence-corrected chi connectivity index (χ3v) is 3.33. The van der Waals surface area contributed by atoms with Gasteiger partial charge in [-0.25, -0.2) is 9.97 Å². The predicted molar refractivity (Wildman–Crippen MR) is 81.0 cm³/mol. The summed E-state index contributed by atoms with van der Waals surface area (Å²) in [6, 6.07) is 7.58. The van der Waals surface area contributed by atoms with Gasteiger partial charge in [0.2, 0.25) is 6.79 Å². The van der Waals surface area contributed by atoms with Crippen LogP contribution >= 0.6 is 11.6 Å². The molecule has 2 heterocycles. The van der Waals surface area contributed by atoms with Crippen molar-refractivity contribution in [1.82, 2.24) is 9.97 Å². The summed E-state index contributed by atoms with van der Waals surface area (Å²) < 4.78 is 10.7. The number of halogens is 1. The van der Waals surface area contributed by atoms with Crippen molar-refractivity contribution >= 4 is 17.4 Å². The lowest BCUT2D eigenvalue weighted by Gasteiger charge is -2.10. The summed E-state index contributed by atoms with van der Waals surface area (Å²) in [5.41, 5.74) is 1.08. The molecule has 0 saturated heterocycles. The molecule has 1 N–H and O–H groups in total. The number of aromatic nitrogens is 2. The lowest BCUT2D eigenvalue weighted by molar-refractivity contribution is 0.174. The van der Waals surface area contributed by atoms with Crippen LogP contribution in [-0.2, 0) is 6.54 Å². The van der Waals surface area contributed by atoms with E-state index in [-0.39, 0.29) is 12.7 Å². The fourth-order valence-corrected chi connectivity index (χ4v) is 2.22. The van der Waals surface area contributed by atoms with Gasteiger partial charge < -0.3 is 14.8 Å². The minimum absolute atomic E-state index is 0.231. The van der Waals surface area contributed by atoms with Crippen molar-refractivity contribution in [1.29, 1.82) is 0 Å². The molecular weight excluding hydrogens is 290 g/mol. The number of hydrogen-bond donors (Lipinski definition) is 1. The van der Waals surface area contributed by atoms with Crippen LogP contribution in [-0.4, -0.2) is 16.8 Å². The van der Waals surface area contributed by atoms with E-state index in [0.717, 1.165) is 28.7 Å². The number of nitrogens with one attached hydrogen (secondary N) is 1. The van der Waals surface area contributed by atoms with Crippen molar-refractivity contribution in [3.05, 3.63) is 40.8 Å². The summed E-state index contributed by atoms with van der Waals surface area (Å²) >= 11 is 6.02. The molecule has 1 aliphatic rings. The second-order valence-electron chi connectivity index (χ2n) is 5.13. The molecule has 21 heavy (non-hydrogen) atoms. The van der Waals surface area contributed by atoms with Crippen LogP contribution in [0.1, 0.15) is 31.2 Å². The lowest BCUT2D eigenvalue weighted by atomic mass is 10.2. The Bertz CT molecular complexity index is 661. The molecule has 1 aromatic heterocycles. The fourth-order valence-electron chi connectivity index (χ4n) is 2.03. The molecule has 0 saturated carbocycles. The smallest absolute Gasteiger partial charge is 0.231 e. The number of benzene rings is 1. The van der Waals surface area contributed by atoms with Crippen molar-refractivity contribution in [2.45, 2.75) is 26.3 Å². The number of fused-ring (bicyclic) bond motifs is 1. The summed E-state index contributed by atoms with van der Waals surface area (Å²) in [6.45, 7) is 4.98. The Hall–Kier alpha value is -2.01. The zero-order chi connectivity index (χ0) is 14.8.